The Labute approximate surface area is 204 Å². The van der Waals surface area contributed by atoms with Crippen molar-refractivity contribution in [3.63, 3.8) is 0 Å². The number of carbonyl (C=O) groups is 1. The van der Waals surface area contributed by atoms with Crippen molar-refractivity contribution >= 4 is 22.7 Å². The van der Waals surface area contributed by atoms with Gasteiger partial charge in [-0.1, -0.05) is 18.2 Å². The van der Waals surface area contributed by atoms with Gasteiger partial charge in [-0.25, -0.2) is 17.6 Å². The number of likely N-dealkylation sites (tertiary alicyclic amines) is 1. The Morgan fingerprint density at radius 2 is 1.89 bits per heavy atom. The van der Waals surface area contributed by atoms with Crippen LogP contribution in [0.1, 0.15) is 29.8 Å². The SMILES string of the molecule is C[C@@H]1Cc2c([nH]c3ccccc23)[C@@H](c2c(F)cc(NC3CN(C(=O)[O-])C3)cc2F)N1CC(F)(F)CO. The summed E-state index contributed by atoms with van der Waals surface area (Å²) in [5.74, 6) is -5.32. The molecule has 0 bridgehead atoms. The van der Waals surface area contributed by atoms with Gasteiger partial charge in [-0.15, -0.1) is 0 Å². The van der Waals surface area contributed by atoms with Crippen LogP contribution in [-0.4, -0.2) is 70.2 Å². The lowest BCUT2D eigenvalue weighted by molar-refractivity contribution is -0.269. The summed E-state index contributed by atoms with van der Waals surface area (Å²) >= 11 is 0. The number of alkyl halides is 2. The van der Waals surface area contributed by atoms with Crippen LogP contribution in [-0.2, 0) is 6.42 Å². The molecule has 0 aliphatic carbocycles. The van der Waals surface area contributed by atoms with Crippen LogP contribution in [0.4, 0.5) is 28.0 Å². The third-order valence-electron chi connectivity index (χ3n) is 7.03. The predicted molar refractivity (Wildman–Crippen MR) is 123 cm³/mol. The summed E-state index contributed by atoms with van der Waals surface area (Å²) in [4.78, 5) is 16.4. The van der Waals surface area contributed by atoms with E-state index in [1.807, 2.05) is 24.3 Å². The van der Waals surface area contributed by atoms with E-state index in [1.54, 1.807) is 6.92 Å². The minimum atomic E-state index is -3.47. The maximum Gasteiger partial charge on any atom is 0.283 e. The smallest absolute Gasteiger partial charge is 0.283 e. The molecule has 36 heavy (non-hydrogen) atoms. The van der Waals surface area contributed by atoms with Gasteiger partial charge in [0.15, 0.2) is 0 Å². The molecule has 0 unspecified atom stereocenters. The molecular weight excluding hydrogens is 480 g/mol. The molecule has 2 atom stereocenters. The number of benzene rings is 2. The second-order valence-corrected chi connectivity index (χ2v) is 9.57. The number of anilines is 1. The van der Waals surface area contributed by atoms with Gasteiger partial charge in [-0.3, -0.25) is 4.90 Å². The lowest BCUT2D eigenvalue weighted by atomic mass is 9.87. The zero-order valence-corrected chi connectivity index (χ0v) is 19.4. The third-order valence-corrected chi connectivity index (χ3v) is 7.03. The Morgan fingerprint density at radius 3 is 2.53 bits per heavy atom. The molecule has 0 radical (unpaired) electrons. The minimum Gasteiger partial charge on any atom is -0.530 e. The summed E-state index contributed by atoms with van der Waals surface area (Å²) in [5.41, 5.74) is 1.72. The molecule has 5 rings (SSSR count). The van der Waals surface area contributed by atoms with E-state index in [0.29, 0.717) is 12.1 Å². The van der Waals surface area contributed by atoms with Gasteiger partial charge in [0.2, 0.25) is 0 Å². The first-order chi connectivity index (χ1) is 17.1. The largest absolute Gasteiger partial charge is 0.530 e. The highest BCUT2D eigenvalue weighted by Crippen LogP contribution is 2.43. The molecule has 1 amide bonds. The first kappa shape index (κ1) is 24.4. The number of halogens is 4. The number of H-pyrrole nitrogens is 1. The van der Waals surface area contributed by atoms with Gasteiger partial charge in [0, 0.05) is 47.0 Å². The number of carbonyl (C=O) groups excluding carboxylic acids is 1. The van der Waals surface area contributed by atoms with Crippen molar-refractivity contribution in [2.45, 2.75) is 37.4 Å². The fourth-order valence-electron chi connectivity index (χ4n) is 5.27. The summed E-state index contributed by atoms with van der Waals surface area (Å²) in [6.45, 7) is -0.312. The quantitative estimate of drug-likeness (QED) is 0.448. The van der Waals surface area contributed by atoms with E-state index >= 15 is 8.78 Å². The van der Waals surface area contributed by atoms with Crippen molar-refractivity contribution in [1.29, 1.82) is 0 Å². The number of para-hydroxylation sites is 1. The van der Waals surface area contributed by atoms with Crippen LogP contribution in [0.5, 0.6) is 0 Å². The van der Waals surface area contributed by atoms with E-state index in [4.69, 9.17) is 0 Å². The lowest BCUT2D eigenvalue weighted by Gasteiger charge is -2.43. The number of nitrogens with zero attached hydrogens (tertiary/aromatic N) is 2. The number of nitrogens with one attached hydrogen (secondary N) is 2. The topological polar surface area (TPSA) is 94.7 Å². The van der Waals surface area contributed by atoms with Gasteiger partial charge < -0.3 is 30.2 Å². The number of rotatable bonds is 6. The van der Waals surface area contributed by atoms with Crippen molar-refractivity contribution in [2.24, 2.45) is 0 Å². The van der Waals surface area contributed by atoms with Crippen LogP contribution in [0.3, 0.4) is 0 Å². The summed E-state index contributed by atoms with van der Waals surface area (Å²) in [7, 11) is 0. The fourth-order valence-corrected chi connectivity index (χ4v) is 5.27. The molecule has 2 aromatic carbocycles. The van der Waals surface area contributed by atoms with Crippen molar-refractivity contribution < 1.29 is 32.6 Å². The van der Waals surface area contributed by atoms with Gasteiger partial charge in [-0.05, 0) is 37.1 Å². The van der Waals surface area contributed by atoms with Crippen molar-refractivity contribution in [1.82, 2.24) is 14.8 Å². The zero-order valence-electron chi connectivity index (χ0n) is 19.4. The second-order valence-electron chi connectivity index (χ2n) is 9.57. The number of aromatic nitrogens is 1. The van der Waals surface area contributed by atoms with Crippen LogP contribution in [0, 0.1) is 11.6 Å². The Bertz CT molecular complexity index is 1280. The Balaban J connectivity index is 1.56. The monoisotopic (exact) mass is 505 g/mol. The predicted octanol–water partition coefficient (Wildman–Crippen LogP) is 2.85. The number of hydrogen-bond donors (Lipinski definition) is 3. The maximum atomic E-state index is 15.6. The van der Waals surface area contributed by atoms with Crippen molar-refractivity contribution in [3.8, 4) is 0 Å². The fraction of sp³-hybridized carbons (Fsp3) is 0.400. The number of carboxylic acid groups (broad SMARTS) is 1. The van der Waals surface area contributed by atoms with Crippen LogP contribution in [0.2, 0.25) is 0 Å². The first-order valence-corrected chi connectivity index (χ1v) is 11.6. The van der Waals surface area contributed by atoms with Crippen molar-refractivity contribution in [2.75, 3.05) is 31.6 Å². The van der Waals surface area contributed by atoms with Crippen molar-refractivity contribution in [3.05, 3.63) is 64.9 Å². The molecule has 3 aromatic rings. The highest BCUT2D eigenvalue weighted by molar-refractivity contribution is 5.85. The average molecular weight is 505 g/mol. The minimum absolute atomic E-state index is 0.115. The van der Waals surface area contributed by atoms with Gasteiger partial charge in [-0.2, -0.15) is 0 Å². The maximum absolute atomic E-state index is 15.6. The molecule has 3 N–H and O–H groups in total. The second kappa shape index (κ2) is 8.97. The Kier molecular flexibility index (Phi) is 6.08. The van der Waals surface area contributed by atoms with Gasteiger partial charge in [0.05, 0.1) is 18.6 Å². The number of hydrogen-bond acceptors (Lipinski definition) is 5. The van der Waals surface area contributed by atoms with Gasteiger partial charge in [0.1, 0.15) is 24.3 Å². The van der Waals surface area contributed by atoms with E-state index in [-0.39, 0.29) is 30.4 Å². The molecule has 3 heterocycles. The van der Waals surface area contributed by atoms with E-state index in [0.717, 1.165) is 33.5 Å². The van der Waals surface area contributed by atoms with E-state index in [9.17, 15) is 23.8 Å². The molecule has 2 aliphatic rings. The molecule has 192 valence electrons. The lowest BCUT2D eigenvalue weighted by Crippen LogP contribution is -2.60. The first-order valence-electron chi connectivity index (χ1n) is 11.6. The molecular formula is C25H25F4N4O3-. The highest BCUT2D eigenvalue weighted by Gasteiger charge is 2.43. The molecule has 0 saturated carbocycles. The van der Waals surface area contributed by atoms with Crippen LogP contribution in [0.15, 0.2) is 36.4 Å². The summed E-state index contributed by atoms with van der Waals surface area (Å²) < 4.78 is 59.9. The zero-order chi connectivity index (χ0) is 25.8. The van der Waals surface area contributed by atoms with E-state index < -0.39 is 48.9 Å². The summed E-state index contributed by atoms with van der Waals surface area (Å²) in [5, 5.41) is 23.8. The van der Waals surface area contributed by atoms with Gasteiger partial charge >= 0.3 is 0 Å². The number of aliphatic hydroxyl groups is 1. The molecule has 11 heteroatoms. The molecule has 7 nitrogen and oxygen atoms in total. The van der Waals surface area contributed by atoms with E-state index in [1.165, 1.54) is 4.90 Å². The average Bonchev–Trinajstić information content (AvgIpc) is 3.15. The highest BCUT2D eigenvalue weighted by atomic mass is 19.3. The third kappa shape index (κ3) is 4.26. The standard InChI is InChI=1S/C25H26F4N4O3/c1-13-6-17-16-4-2-3-5-20(16)31-22(17)23(33(13)11-25(28,29)12-34)21-18(26)7-14(8-19(21)27)30-15-9-32(10-15)24(35)36/h2-5,7-8,13,15,23,30-31,34H,6,9-12H2,1H3,(H,35,36)/p-1/t13-,23-/m1/s1. The molecule has 1 saturated heterocycles. The molecule has 2 aliphatic heterocycles. The van der Waals surface area contributed by atoms with E-state index in [2.05, 4.69) is 10.3 Å². The van der Waals surface area contributed by atoms with Crippen LogP contribution in [0.25, 0.3) is 10.9 Å². The Morgan fingerprint density at radius 1 is 1.22 bits per heavy atom. The number of fused-ring (bicyclic) bond motifs is 3. The number of amides is 1. The Hall–Kier alpha value is -3.31. The van der Waals surface area contributed by atoms with Gasteiger partial charge in [0.25, 0.3) is 5.92 Å². The van der Waals surface area contributed by atoms with Crippen LogP contribution < -0.4 is 10.4 Å². The molecule has 0 spiro atoms. The number of aromatic amines is 1. The number of aliphatic hydroxyl groups excluding tert-OH is 1. The molecule has 1 fully saturated rings. The molecule has 1 aromatic heterocycles. The summed E-state index contributed by atoms with van der Waals surface area (Å²) in [6, 6.07) is 7.50. The summed E-state index contributed by atoms with van der Waals surface area (Å²) in [6.07, 6.45) is -0.933. The normalized spacial score (nSPS) is 20.9. The van der Waals surface area contributed by atoms with Crippen LogP contribution >= 0.6 is 0 Å².